The van der Waals surface area contributed by atoms with Crippen LogP contribution in [0.3, 0.4) is 0 Å². The van der Waals surface area contributed by atoms with Gasteiger partial charge in [0, 0.05) is 19.1 Å². The second kappa shape index (κ2) is 8.50. The number of methoxy groups -OCH3 is 1. The number of carbonyl (C=O) groups is 3. The van der Waals surface area contributed by atoms with Gasteiger partial charge in [-0.15, -0.1) is 0 Å². The summed E-state index contributed by atoms with van der Waals surface area (Å²) >= 11 is 0. The topological polar surface area (TPSA) is 88.2 Å². The first-order chi connectivity index (χ1) is 13.4. The van der Waals surface area contributed by atoms with E-state index in [2.05, 4.69) is 19.2 Å². The monoisotopic (exact) mass is 389 g/mol. The van der Waals surface area contributed by atoms with Crippen molar-refractivity contribution in [3.05, 3.63) is 29.8 Å². The molecule has 2 aliphatic heterocycles. The summed E-state index contributed by atoms with van der Waals surface area (Å²) in [5.41, 5.74) is 0.734. The molecule has 8 heteroatoms. The number of cyclic esters (lactones) is 1. The van der Waals surface area contributed by atoms with E-state index in [-0.39, 0.29) is 24.2 Å². The van der Waals surface area contributed by atoms with Gasteiger partial charge in [0.15, 0.2) is 0 Å². The molecule has 0 aliphatic carbocycles. The molecule has 0 aromatic heterocycles. The van der Waals surface area contributed by atoms with Crippen LogP contribution in [-0.2, 0) is 9.47 Å². The van der Waals surface area contributed by atoms with Crippen LogP contribution in [0.4, 0.5) is 15.3 Å². The Hall–Kier alpha value is -2.77. The molecule has 2 fully saturated rings. The van der Waals surface area contributed by atoms with Gasteiger partial charge in [0.05, 0.1) is 24.4 Å². The van der Waals surface area contributed by atoms with Crippen LogP contribution >= 0.6 is 0 Å². The van der Waals surface area contributed by atoms with Crippen LogP contribution in [0.5, 0.6) is 0 Å². The number of nitrogens with zero attached hydrogens (tertiary/aromatic N) is 2. The van der Waals surface area contributed by atoms with Crippen molar-refractivity contribution in [1.29, 1.82) is 0 Å². The molecule has 3 rings (SSSR count). The van der Waals surface area contributed by atoms with Gasteiger partial charge in [-0.05, 0) is 30.9 Å². The maximum atomic E-state index is 12.7. The maximum Gasteiger partial charge on any atom is 0.410 e. The van der Waals surface area contributed by atoms with Crippen LogP contribution in [0.2, 0.25) is 0 Å². The molecule has 1 unspecified atom stereocenters. The fraction of sp³-hybridized carbons (Fsp3) is 0.550. The van der Waals surface area contributed by atoms with E-state index in [0.29, 0.717) is 49.7 Å². The number of ether oxygens (including phenoxy) is 2. The molecule has 1 aromatic carbocycles. The predicted molar refractivity (Wildman–Crippen MR) is 103 cm³/mol. The summed E-state index contributed by atoms with van der Waals surface area (Å²) in [7, 11) is 1.31. The second-order valence-corrected chi connectivity index (χ2v) is 7.48. The number of para-hydroxylation sites is 1. The molecule has 0 radical (unpaired) electrons. The summed E-state index contributed by atoms with van der Waals surface area (Å²) in [5, 5.41) is 2.80. The molecule has 3 amide bonds. The molecular weight excluding hydrogens is 362 g/mol. The molecule has 8 nitrogen and oxygen atoms in total. The number of benzene rings is 1. The summed E-state index contributed by atoms with van der Waals surface area (Å²) in [5.74, 6) is -0.176. The number of urea groups is 1. The third kappa shape index (κ3) is 4.05. The van der Waals surface area contributed by atoms with Gasteiger partial charge in [0.25, 0.3) is 0 Å². The predicted octanol–water partition coefficient (Wildman–Crippen LogP) is 2.95. The summed E-state index contributed by atoms with van der Waals surface area (Å²) in [6, 6.07) is 6.65. The van der Waals surface area contributed by atoms with Crippen LogP contribution in [0.25, 0.3) is 0 Å². The van der Waals surface area contributed by atoms with Crippen LogP contribution in [0.1, 0.15) is 37.0 Å². The number of carbonyl (C=O) groups excluding carboxylic acids is 3. The molecule has 2 heterocycles. The molecule has 28 heavy (non-hydrogen) atoms. The first-order valence-corrected chi connectivity index (χ1v) is 9.60. The average Bonchev–Trinajstić information content (AvgIpc) is 3.09. The van der Waals surface area contributed by atoms with Crippen LogP contribution < -0.4 is 5.32 Å². The van der Waals surface area contributed by atoms with E-state index in [0.717, 1.165) is 0 Å². The first-order valence-electron chi connectivity index (χ1n) is 9.60. The van der Waals surface area contributed by atoms with Gasteiger partial charge in [0.1, 0.15) is 6.61 Å². The lowest BCUT2D eigenvalue weighted by molar-refractivity contribution is 0.0602. The van der Waals surface area contributed by atoms with E-state index >= 15 is 0 Å². The zero-order valence-electron chi connectivity index (χ0n) is 16.5. The number of likely N-dealkylation sites (tertiary alicyclic amines) is 1. The molecule has 2 saturated heterocycles. The minimum atomic E-state index is -0.498. The molecule has 2 aliphatic rings. The van der Waals surface area contributed by atoms with E-state index in [9.17, 15) is 14.4 Å². The zero-order chi connectivity index (χ0) is 20.3. The first kappa shape index (κ1) is 20.0. The smallest absolute Gasteiger partial charge is 0.410 e. The number of rotatable bonds is 4. The number of hydrogen-bond acceptors (Lipinski definition) is 5. The lowest BCUT2D eigenvalue weighted by Crippen LogP contribution is -2.51. The van der Waals surface area contributed by atoms with E-state index in [1.807, 2.05) is 4.90 Å². The van der Waals surface area contributed by atoms with Crippen molar-refractivity contribution in [2.45, 2.75) is 38.8 Å². The molecule has 0 saturated carbocycles. The molecule has 1 N–H and O–H groups in total. The number of hydrogen-bond donors (Lipinski definition) is 1. The summed E-state index contributed by atoms with van der Waals surface area (Å²) in [4.78, 5) is 40.2. The Kier molecular flexibility index (Phi) is 6.06. The van der Waals surface area contributed by atoms with Crippen molar-refractivity contribution in [1.82, 2.24) is 9.80 Å². The minimum Gasteiger partial charge on any atom is -0.465 e. The van der Waals surface area contributed by atoms with Crippen LogP contribution in [-0.4, -0.2) is 66.8 Å². The highest BCUT2D eigenvalue weighted by atomic mass is 16.6. The summed E-state index contributed by atoms with van der Waals surface area (Å²) < 4.78 is 10.0. The van der Waals surface area contributed by atoms with Gasteiger partial charge < -0.3 is 19.7 Å². The van der Waals surface area contributed by atoms with Gasteiger partial charge in [-0.2, -0.15) is 0 Å². The number of piperidine rings is 1. The van der Waals surface area contributed by atoms with Gasteiger partial charge >= 0.3 is 18.1 Å². The summed E-state index contributed by atoms with van der Waals surface area (Å²) in [6.45, 7) is 5.67. The number of anilines is 1. The van der Waals surface area contributed by atoms with E-state index < -0.39 is 5.97 Å². The average molecular weight is 389 g/mol. The van der Waals surface area contributed by atoms with E-state index in [1.54, 1.807) is 29.2 Å². The quantitative estimate of drug-likeness (QED) is 0.800. The Labute approximate surface area is 164 Å². The lowest BCUT2D eigenvalue weighted by atomic mass is 9.98. The van der Waals surface area contributed by atoms with Crippen LogP contribution in [0.15, 0.2) is 24.3 Å². The highest BCUT2D eigenvalue weighted by Gasteiger charge is 2.41. The van der Waals surface area contributed by atoms with Crippen molar-refractivity contribution in [3.8, 4) is 0 Å². The highest BCUT2D eigenvalue weighted by Crippen LogP contribution is 2.28. The van der Waals surface area contributed by atoms with E-state index in [1.165, 1.54) is 7.11 Å². The highest BCUT2D eigenvalue weighted by molar-refractivity contribution is 6.00. The van der Waals surface area contributed by atoms with Crippen molar-refractivity contribution < 1.29 is 23.9 Å². The lowest BCUT2D eigenvalue weighted by Gasteiger charge is -2.38. The largest absolute Gasteiger partial charge is 0.465 e. The molecule has 0 bridgehead atoms. The summed E-state index contributed by atoms with van der Waals surface area (Å²) in [6.07, 6.45) is 1.14. The minimum absolute atomic E-state index is 0.0776. The van der Waals surface area contributed by atoms with Crippen molar-refractivity contribution in [2.75, 3.05) is 32.1 Å². The Balaban J connectivity index is 1.60. The van der Waals surface area contributed by atoms with Gasteiger partial charge in [-0.1, -0.05) is 26.0 Å². The second-order valence-electron chi connectivity index (χ2n) is 7.48. The third-order valence-corrected chi connectivity index (χ3v) is 5.43. The van der Waals surface area contributed by atoms with Crippen molar-refractivity contribution in [3.63, 3.8) is 0 Å². The Morgan fingerprint density at radius 1 is 1.21 bits per heavy atom. The molecule has 0 spiro atoms. The molecular formula is C20H27N3O5. The molecule has 152 valence electrons. The Morgan fingerprint density at radius 2 is 1.89 bits per heavy atom. The number of nitrogens with one attached hydrogen (secondary N) is 1. The normalized spacial score (nSPS) is 20.3. The van der Waals surface area contributed by atoms with Crippen molar-refractivity contribution >= 4 is 23.8 Å². The zero-order valence-corrected chi connectivity index (χ0v) is 16.5. The van der Waals surface area contributed by atoms with Gasteiger partial charge in [-0.25, -0.2) is 14.4 Å². The van der Waals surface area contributed by atoms with Crippen LogP contribution in [0, 0.1) is 5.92 Å². The standard InChI is InChI=1S/C20H27N3O5/c1-13(2)17-12-28-20(26)23(17)14-8-10-22(11-9-14)19(25)21-16-7-5-4-6-15(16)18(24)27-3/h4-7,13-14,17H,8-12H2,1-3H3,(H,21,25). The van der Waals surface area contributed by atoms with Gasteiger partial charge in [0.2, 0.25) is 0 Å². The fourth-order valence-corrected chi connectivity index (χ4v) is 3.80. The third-order valence-electron chi connectivity index (χ3n) is 5.43. The van der Waals surface area contributed by atoms with Crippen molar-refractivity contribution in [2.24, 2.45) is 5.92 Å². The number of amides is 3. The maximum absolute atomic E-state index is 12.7. The SMILES string of the molecule is COC(=O)c1ccccc1NC(=O)N1CCC(N2C(=O)OCC2C(C)C)CC1. The van der Waals surface area contributed by atoms with E-state index in [4.69, 9.17) is 9.47 Å². The number of esters is 1. The Morgan fingerprint density at radius 3 is 2.54 bits per heavy atom. The van der Waals surface area contributed by atoms with Gasteiger partial charge in [-0.3, -0.25) is 4.90 Å². The molecule has 1 atom stereocenters. The Bertz CT molecular complexity index is 743. The fourth-order valence-electron chi connectivity index (χ4n) is 3.80. The molecule has 1 aromatic rings.